The molecule has 9 heteroatoms. The van der Waals surface area contributed by atoms with E-state index in [9.17, 15) is 23.8 Å². The number of benzene rings is 2. The highest BCUT2D eigenvalue weighted by atomic mass is 32.2. The van der Waals surface area contributed by atoms with Crippen molar-refractivity contribution in [3.05, 3.63) is 54.1 Å². The number of aliphatic hydroxyl groups excluding tert-OH is 1. The Hall–Kier alpha value is -2.10. The highest BCUT2D eigenvalue weighted by Crippen LogP contribution is 2.37. The average molecular weight is 482 g/mol. The molecule has 0 aromatic heterocycles. The maximum Gasteiger partial charge on any atom is 0.306 e. The summed E-state index contributed by atoms with van der Waals surface area (Å²) in [5, 5.41) is 19.7. The third-order valence-electron chi connectivity index (χ3n) is 5.10. The minimum atomic E-state index is -3.33. The molecule has 1 aliphatic rings. The molecular weight excluding hydrogens is 456 g/mol. The van der Waals surface area contributed by atoms with E-state index in [4.69, 9.17) is 4.74 Å². The first-order valence-corrected chi connectivity index (χ1v) is 12.1. The number of carboxylic acid groups (broad SMARTS) is 1. The van der Waals surface area contributed by atoms with Crippen molar-refractivity contribution in [3.8, 4) is 16.9 Å². The molecule has 32 heavy (non-hydrogen) atoms. The average Bonchev–Trinajstić information content (AvgIpc) is 3.31. The number of rotatable bonds is 10. The van der Waals surface area contributed by atoms with Gasteiger partial charge < -0.3 is 14.9 Å². The zero-order valence-corrected chi connectivity index (χ0v) is 19.2. The Labute approximate surface area is 194 Å². The summed E-state index contributed by atoms with van der Waals surface area (Å²) in [5.74, 6) is -4.21. The van der Waals surface area contributed by atoms with Crippen LogP contribution >= 0.6 is 23.5 Å². The summed E-state index contributed by atoms with van der Waals surface area (Å²) in [6, 6.07) is 13.1. The third kappa shape index (κ3) is 6.70. The highest BCUT2D eigenvalue weighted by Gasteiger charge is 2.38. The molecule has 3 rings (SSSR count). The largest absolute Gasteiger partial charge is 0.497 e. The Morgan fingerprint density at radius 1 is 1.19 bits per heavy atom. The van der Waals surface area contributed by atoms with Crippen molar-refractivity contribution in [1.82, 2.24) is 0 Å². The standard InChI is InChI=1S/C23H25F2NO4S2/c1-30-20-8-4-16(5-9-20)15-2-6-18(7-3-15)23(24,25)13-17(21(28)29)12-19(27)14-32-22-26-10-11-31-22/h2-9,17,19,27H,10-14H2,1H3,(H,28,29). The molecule has 0 amide bonds. The van der Waals surface area contributed by atoms with E-state index in [-0.39, 0.29) is 17.7 Å². The van der Waals surface area contributed by atoms with E-state index in [1.54, 1.807) is 43.1 Å². The van der Waals surface area contributed by atoms with Crippen LogP contribution in [0.3, 0.4) is 0 Å². The van der Waals surface area contributed by atoms with E-state index < -0.39 is 30.3 Å². The Balaban J connectivity index is 1.63. The van der Waals surface area contributed by atoms with Gasteiger partial charge in [0, 0.05) is 23.5 Å². The summed E-state index contributed by atoms with van der Waals surface area (Å²) in [7, 11) is 1.57. The molecule has 0 saturated carbocycles. The van der Waals surface area contributed by atoms with Crippen LogP contribution in [0, 0.1) is 5.92 Å². The van der Waals surface area contributed by atoms with Crippen molar-refractivity contribution in [2.24, 2.45) is 10.9 Å². The van der Waals surface area contributed by atoms with Crippen LogP contribution in [0.25, 0.3) is 11.1 Å². The zero-order valence-electron chi connectivity index (χ0n) is 17.5. The minimum Gasteiger partial charge on any atom is -0.497 e. The van der Waals surface area contributed by atoms with Gasteiger partial charge in [0.05, 0.1) is 25.7 Å². The number of hydrogen-bond donors (Lipinski definition) is 2. The number of methoxy groups -OCH3 is 1. The second-order valence-electron chi connectivity index (χ2n) is 7.45. The van der Waals surface area contributed by atoms with Gasteiger partial charge >= 0.3 is 5.97 Å². The number of halogens is 2. The molecule has 0 spiro atoms. The van der Waals surface area contributed by atoms with Crippen LogP contribution in [0.2, 0.25) is 0 Å². The topological polar surface area (TPSA) is 79.1 Å². The number of ether oxygens (including phenoxy) is 1. The van der Waals surface area contributed by atoms with Crippen molar-refractivity contribution >= 4 is 33.9 Å². The summed E-state index contributed by atoms with van der Waals surface area (Å²) in [4.78, 5) is 15.9. The predicted molar refractivity (Wildman–Crippen MR) is 126 cm³/mol. The van der Waals surface area contributed by atoms with Crippen LogP contribution in [0.15, 0.2) is 53.5 Å². The lowest BCUT2D eigenvalue weighted by molar-refractivity contribution is -0.147. The van der Waals surface area contributed by atoms with Gasteiger partial charge in [0.15, 0.2) is 0 Å². The zero-order chi connectivity index (χ0) is 23.1. The van der Waals surface area contributed by atoms with Crippen LogP contribution in [-0.4, -0.2) is 51.8 Å². The molecule has 0 radical (unpaired) electrons. The molecule has 0 saturated heterocycles. The van der Waals surface area contributed by atoms with Crippen molar-refractivity contribution < 1.29 is 28.5 Å². The van der Waals surface area contributed by atoms with E-state index in [1.165, 1.54) is 23.9 Å². The SMILES string of the molecule is COc1ccc(-c2ccc(C(F)(F)CC(CC(O)CSC3=NCCS3)C(=O)O)cc2)cc1. The van der Waals surface area contributed by atoms with E-state index in [2.05, 4.69) is 4.99 Å². The Kier molecular flexibility index (Phi) is 8.56. The quantitative estimate of drug-likeness (QED) is 0.490. The Morgan fingerprint density at radius 2 is 1.81 bits per heavy atom. The molecule has 2 N–H and O–H groups in total. The molecule has 2 aromatic rings. The first kappa shape index (κ1) is 24.5. The van der Waals surface area contributed by atoms with Crippen LogP contribution in [0.5, 0.6) is 5.75 Å². The lowest BCUT2D eigenvalue weighted by Crippen LogP contribution is -2.28. The van der Waals surface area contributed by atoms with E-state index in [1.807, 2.05) is 12.1 Å². The molecule has 172 valence electrons. The number of carboxylic acids is 1. The van der Waals surface area contributed by atoms with Gasteiger partial charge in [0.1, 0.15) is 10.1 Å². The van der Waals surface area contributed by atoms with E-state index >= 15 is 0 Å². The number of alkyl halides is 2. The predicted octanol–water partition coefficient (Wildman–Crippen LogP) is 5.13. The monoisotopic (exact) mass is 481 g/mol. The Morgan fingerprint density at radius 3 is 2.34 bits per heavy atom. The summed E-state index contributed by atoms with van der Waals surface area (Å²) >= 11 is 2.91. The number of thioether (sulfide) groups is 2. The molecular formula is C23H25F2NO4S2. The fourth-order valence-corrected chi connectivity index (χ4v) is 5.34. The van der Waals surface area contributed by atoms with E-state index in [0.29, 0.717) is 5.75 Å². The molecule has 2 atom stereocenters. The summed E-state index contributed by atoms with van der Waals surface area (Å²) in [6.07, 6.45) is -2.11. The number of aliphatic hydroxyl groups is 1. The fourth-order valence-electron chi connectivity index (χ4n) is 3.36. The molecule has 5 nitrogen and oxygen atoms in total. The number of hydrogen-bond acceptors (Lipinski definition) is 6. The number of aliphatic imine (C=N–C) groups is 1. The molecule has 0 bridgehead atoms. The third-order valence-corrected chi connectivity index (χ3v) is 7.49. The van der Waals surface area contributed by atoms with Gasteiger partial charge in [-0.3, -0.25) is 9.79 Å². The lowest BCUT2D eigenvalue weighted by Gasteiger charge is -2.23. The second-order valence-corrected chi connectivity index (χ2v) is 9.80. The number of carbonyl (C=O) groups is 1. The highest BCUT2D eigenvalue weighted by molar-refractivity contribution is 8.39. The van der Waals surface area contributed by atoms with Crippen LogP contribution in [0.1, 0.15) is 18.4 Å². The molecule has 0 aliphatic carbocycles. The van der Waals surface area contributed by atoms with Gasteiger partial charge in [-0.2, -0.15) is 0 Å². The molecule has 2 unspecified atom stereocenters. The van der Waals surface area contributed by atoms with Crippen molar-refractivity contribution in [3.63, 3.8) is 0 Å². The lowest BCUT2D eigenvalue weighted by atomic mass is 9.91. The molecule has 2 aromatic carbocycles. The Bertz CT molecular complexity index is 936. The van der Waals surface area contributed by atoms with Gasteiger partial charge in [-0.25, -0.2) is 8.78 Å². The van der Waals surface area contributed by atoms with Crippen LogP contribution in [-0.2, 0) is 10.7 Å². The number of aliphatic carboxylic acids is 1. The first-order valence-electron chi connectivity index (χ1n) is 10.1. The normalized spacial score (nSPS) is 15.8. The van der Waals surface area contributed by atoms with Gasteiger partial charge in [0.25, 0.3) is 5.92 Å². The molecule has 1 aliphatic heterocycles. The summed E-state index contributed by atoms with van der Waals surface area (Å²) in [6.45, 7) is 0.727. The molecule has 0 fully saturated rings. The van der Waals surface area contributed by atoms with Gasteiger partial charge in [-0.15, -0.1) is 0 Å². The van der Waals surface area contributed by atoms with Crippen LogP contribution in [0.4, 0.5) is 8.78 Å². The second kappa shape index (κ2) is 11.2. The summed E-state index contributed by atoms with van der Waals surface area (Å²) < 4.78 is 35.8. The van der Waals surface area contributed by atoms with Crippen molar-refractivity contribution in [1.29, 1.82) is 0 Å². The molecule has 1 heterocycles. The fraction of sp³-hybridized carbons (Fsp3) is 0.391. The van der Waals surface area contributed by atoms with Crippen LogP contribution < -0.4 is 4.74 Å². The van der Waals surface area contributed by atoms with Crippen molar-refractivity contribution in [2.75, 3.05) is 25.2 Å². The maximum atomic E-state index is 14.9. The van der Waals surface area contributed by atoms with Crippen molar-refractivity contribution in [2.45, 2.75) is 24.9 Å². The smallest absolute Gasteiger partial charge is 0.306 e. The van der Waals surface area contributed by atoms with Gasteiger partial charge in [-0.1, -0.05) is 59.9 Å². The van der Waals surface area contributed by atoms with Gasteiger partial charge in [0.2, 0.25) is 0 Å². The minimum absolute atomic E-state index is 0.234. The van der Waals surface area contributed by atoms with Gasteiger partial charge in [-0.05, 0) is 29.7 Å². The van der Waals surface area contributed by atoms with E-state index in [0.717, 1.165) is 27.8 Å². The first-order chi connectivity index (χ1) is 15.3. The number of nitrogens with zero attached hydrogens (tertiary/aromatic N) is 1. The maximum absolute atomic E-state index is 14.9. The summed E-state index contributed by atoms with van der Waals surface area (Å²) in [5.41, 5.74) is 1.37.